The fourth-order valence-electron chi connectivity index (χ4n) is 3.02. The highest BCUT2D eigenvalue weighted by Crippen LogP contribution is 2.23. The Morgan fingerprint density at radius 3 is 2.71 bits per heavy atom. The van der Waals surface area contributed by atoms with Crippen molar-refractivity contribution in [3.05, 3.63) is 34.5 Å². The third-order valence-electron chi connectivity index (χ3n) is 4.55. The van der Waals surface area contributed by atoms with Gasteiger partial charge in [-0.3, -0.25) is 4.99 Å². The number of nitrogens with zero attached hydrogens (tertiary/aromatic N) is 5. The van der Waals surface area contributed by atoms with Crippen molar-refractivity contribution < 1.29 is 0 Å². The Morgan fingerprint density at radius 2 is 2.07 bits per heavy atom. The van der Waals surface area contributed by atoms with Crippen molar-refractivity contribution in [1.29, 1.82) is 0 Å². The molecule has 154 valence electrons. The van der Waals surface area contributed by atoms with Gasteiger partial charge in [-0.05, 0) is 18.9 Å². The second-order valence-electron chi connectivity index (χ2n) is 7.78. The van der Waals surface area contributed by atoms with Gasteiger partial charge in [0, 0.05) is 49.4 Å². The predicted molar refractivity (Wildman–Crippen MR) is 127 cm³/mol. The molecule has 2 aromatic heterocycles. The zero-order valence-electron chi connectivity index (χ0n) is 17.0. The highest BCUT2D eigenvalue weighted by Gasteiger charge is 2.22. The largest absolute Gasteiger partial charge is 0.352 e. The van der Waals surface area contributed by atoms with Crippen LogP contribution in [0.25, 0.3) is 0 Å². The molecule has 7 nitrogen and oxygen atoms in total. The Morgan fingerprint density at radius 1 is 1.32 bits per heavy atom. The molecule has 2 aromatic rings. The number of hydrogen-bond donors (Lipinski definition) is 2. The number of aromatic nitrogens is 3. The summed E-state index contributed by atoms with van der Waals surface area (Å²) in [4.78, 5) is 20.1. The lowest BCUT2D eigenvalue weighted by molar-refractivity contribution is 0.463. The van der Waals surface area contributed by atoms with Crippen LogP contribution < -0.4 is 15.5 Å². The van der Waals surface area contributed by atoms with E-state index >= 15 is 0 Å². The molecular weight excluding hydrogens is 485 g/mol. The van der Waals surface area contributed by atoms with Crippen LogP contribution in [0.1, 0.15) is 44.3 Å². The van der Waals surface area contributed by atoms with E-state index in [9.17, 15) is 0 Å². The maximum atomic E-state index is 4.73. The number of guanidine groups is 1. The van der Waals surface area contributed by atoms with Crippen LogP contribution in [-0.2, 0) is 12.0 Å². The lowest BCUT2D eigenvalue weighted by Crippen LogP contribution is -2.51. The minimum atomic E-state index is 0. The first-order chi connectivity index (χ1) is 13.0. The topological polar surface area (TPSA) is 78.3 Å². The molecule has 0 amide bonds. The highest BCUT2D eigenvalue weighted by molar-refractivity contribution is 14.0. The molecule has 3 heterocycles. The van der Waals surface area contributed by atoms with Crippen molar-refractivity contribution >= 4 is 47.2 Å². The lowest BCUT2D eigenvalue weighted by atomic mass is 9.93. The van der Waals surface area contributed by atoms with Crippen LogP contribution in [0.15, 0.2) is 28.8 Å². The first kappa shape index (κ1) is 22.8. The van der Waals surface area contributed by atoms with Crippen LogP contribution in [0.5, 0.6) is 0 Å². The summed E-state index contributed by atoms with van der Waals surface area (Å²) in [5, 5.41) is 10.1. The average Bonchev–Trinajstić information content (AvgIpc) is 3.15. The molecule has 0 radical (unpaired) electrons. The van der Waals surface area contributed by atoms with E-state index in [0.29, 0.717) is 12.6 Å². The predicted octanol–water partition coefficient (Wildman–Crippen LogP) is 3.18. The van der Waals surface area contributed by atoms with E-state index in [1.54, 1.807) is 30.8 Å². The molecule has 0 spiro atoms. The summed E-state index contributed by atoms with van der Waals surface area (Å²) < 4.78 is 0. The van der Waals surface area contributed by atoms with Gasteiger partial charge in [0.15, 0.2) is 5.96 Å². The van der Waals surface area contributed by atoms with E-state index in [1.165, 1.54) is 0 Å². The summed E-state index contributed by atoms with van der Waals surface area (Å²) in [5.41, 5.74) is 1.22. The minimum absolute atomic E-state index is 0. The summed E-state index contributed by atoms with van der Waals surface area (Å²) in [5.74, 6) is 1.60. The second-order valence-corrected chi connectivity index (χ2v) is 8.72. The second kappa shape index (κ2) is 10.3. The number of hydrogen-bond acceptors (Lipinski definition) is 6. The molecule has 0 bridgehead atoms. The van der Waals surface area contributed by atoms with Gasteiger partial charge in [-0.25, -0.2) is 15.0 Å². The monoisotopic (exact) mass is 515 g/mol. The molecule has 1 saturated heterocycles. The van der Waals surface area contributed by atoms with Crippen LogP contribution in [0, 0.1) is 0 Å². The molecule has 28 heavy (non-hydrogen) atoms. The van der Waals surface area contributed by atoms with E-state index in [1.807, 2.05) is 6.07 Å². The molecular formula is C19H30IN7S. The van der Waals surface area contributed by atoms with Crippen LogP contribution in [0.4, 0.5) is 5.95 Å². The fraction of sp³-hybridized carbons (Fsp3) is 0.579. The first-order valence-corrected chi connectivity index (χ1v) is 10.3. The maximum absolute atomic E-state index is 4.73. The molecule has 1 fully saturated rings. The van der Waals surface area contributed by atoms with Gasteiger partial charge < -0.3 is 15.5 Å². The van der Waals surface area contributed by atoms with Gasteiger partial charge in [0.25, 0.3) is 0 Å². The Bertz CT molecular complexity index is 757. The summed E-state index contributed by atoms with van der Waals surface area (Å²) in [6.07, 6.45) is 5.79. The summed E-state index contributed by atoms with van der Waals surface area (Å²) in [6.45, 7) is 9.10. The zero-order valence-corrected chi connectivity index (χ0v) is 20.1. The Labute approximate surface area is 188 Å². The SMILES string of the molecule is CN=C(NCc1nc(C(C)(C)C)cs1)NC1CCCN(c2ncccn2)C1.I. The minimum Gasteiger partial charge on any atom is -0.352 e. The third-order valence-corrected chi connectivity index (χ3v) is 5.40. The average molecular weight is 515 g/mol. The number of nitrogens with one attached hydrogen (secondary N) is 2. The van der Waals surface area contributed by atoms with E-state index in [0.717, 1.165) is 48.5 Å². The lowest BCUT2D eigenvalue weighted by Gasteiger charge is -2.33. The fourth-order valence-corrected chi connectivity index (χ4v) is 3.98. The molecule has 9 heteroatoms. The van der Waals surface area contributed by atoms with E-state index in [-0.39, 0.29) is 29.4 Å². The number of thiazole rings is 1. The van der Waals surface area contributed by atoms with Crippen LogP contribution >= 0.6 is 35.3 Å². The van der Waals surface area contributed by atoms with Gasteiger partial charge in [-0.1, -0.05) is 20.8 Å². The van der Waals surface area contributed by atoms with Crippen molar-refractivity contribution in [3.8, 4) is 0 Å². The van der Waals surface area contributed by atoms with Gasteiger partial charge in [0.05, 0.1) is 12.2 Å². The number of halogens is 1. The molecule has 1 unspecified atom stereocenters. The summed E-state index contributed by atoms with van der Waals surface area (Å²) in [7, 11) is 1.80. The summed E-state index contributed by atoms with van der Waals surface area (Å²) in [6, 6.07) is 2.16. The Hall–Kier alpha value is -1.49. The maximum Gasteiger partial charge on any atom is 0.225 e. The van der Waals surface area contributed by atoms with Crippen LogP contribution in [0.3, 0.4) is 0 Å². The zero-order chi connectivity index (χ0) is 19.3. The molecule has 1 atom stereocenters. The van der Waals surface area contributed by atoms with Gasteiger partial charge >= 0.3 is 0 Å². The third kappa shape index (κ3) is 6.26. The number of anilines is 1. The van der Waals surface area contributed by atoms with E-state index in [4.69, 9.17) is 4.98 Å². The van der Waals surface area contributed by atoms with Crippen molar-refractivity contribution in [2.45, 2.75) is 51.6 Å². The number of piperidine rings is 1. The number of aliphatic imine (C=N–C) groups is 1. The molecule has 1 aliphatic rings. The molecule has 3 rings (SSSR count). The number of rotatable bonds is 4. The smallest absolute Gasteiger partial charge is 0.225 e. The van der Waals surface area contributed by atoms with Crippen LogP contribution in [0.2, 0.25) is 0 Å². The van der Waals surface area contributed by atoms with Crippen LogP contribution in [-0.4, -0.2) is 47.1 Å². The Kier molecular flexibility index (Phi) is 8.41. The molecule has 1 aliphatic heterocycles. The van der Waals surface area contributed by atoms with E-state index in [2.05, 4.69) is 56.6 Å². The normalized spacial score (nSPS) is 17.8. The molecule has 0 saturated carbocycles. The van der Waals surface area contributed by atoms with Crippen molar-refractivity contribution in [3.63, 3.8) is 0 Å². The van der Waals surface area contributed by atoms with Gasteiger partial charge in [-0.15, -0.1) is 35.3 Å². The molecule has 0 aliphatic carbocycles. The van der Waals surface area contributed by atoms with Gasteiger partial charge in [-0.2, -0.15) is 0 Å². The first-order valence-electron chi connectivity index (χ1n) is 9.40. The van der Waals surface area contributed by atoms with Crippen molar-refractivity contribution in [2.24, 2.45) is 4.99 Å². The molecule has 2 N–H and O–H groups in total. The van der Waals surface area contributed by atoms with Crippen molar-refractivity contribution in [1.82, 2.24) is 25.6 Å². The molecule has 0 aromatic carbocycles. The standard InChI is InChI=1S/C19H29N7S.HI/c1-19(2,3)15-13-27-16(25-15)11-23-17(20-4)24-14-7-5-10-26(12-14)18-21-8-6-9-22-18;/h6,8-9,13-14H,5,7,10-12H2,1-4H3,(H2,20,23,24);1H. The van der Waals surface area contributed by atoms with Crippen molar-refractivity contribution in [2.75, 3.05) is 25.0 Å². The van der Waals surface area contributed by atoms with E-state index < -0.39 is 0 Å². The highest BCUT2D eigenvalue weighted by atomic mass is 127. The van der Waals surface area contributed by atoms with Gasteiger partial charge in [0.2, 0.25) is 5.95 Å². The summed E-state index contributed by atoms with van der Waals surface area (Å²) >= 11 is 1.69. The Balaban J connectivity index is 0.00000280. The van der Waals surface area contributed by atoms with Gasteiger partial charge in [0.1, 0.15) is 5.01 Å². The quantitative estimate of drug-likeness (QED) is 0.370.